The summed E-state index contributed by atoms with van der Waals surface area (Å²) >= 11 is 0. The molecule has 0 spiro atoms. The first-order chi connectivity index (χ1) is 21.6. The van der Waals surface area contributed by atoms with Gasteiger partial charge in [0.15, 0.2) is 0 Å². The van der Waals surface area contributed by atoms with Gasteiger partial charge in [-0.3, -0.25) is 15.0 Å². The second kappa shape index (κ2) is 11.7. The molecule has 0 unspecified atom stereocenters. The number of aromatic nitrogens is 3. The number of hydrazine groups is 1. The normalized spacial score (nSPS) is 16.0. The third-order valence-corrected chi connectivity index (χ3v) is 6.98. The van der Waals surface area contributed by atoms with Crippen LogP contribution in [0.2, 0.25) is 0 Å². The Morgan fingerprint density at radius 1 is 0.867 bits per heavy atom. The number of alkyl halides is 3. The first-order valence-corrected chi connectivity index (χ1v) is 13.6. The zero-order valence-electron chi connectivity index (χ0n) is 23.0. The highest BCUT2D eigenvalue weighted by Gasteiger charge is 2.33. The van der Waals surface area contributed by atoms with Gasteiger partial charge in [-0.05, 0) is 25.0 Å². The molecule has 45 heavy (non-hydrogen) atoms. The first-order valence-electron chi connectivity index (χ1n) is 13.6. The minimum atomic E-state index is -4.75. The van der Waals surface area contributed by atoms with Crippen molar-refractivity contribution >= 4 is 29.2 Å². The van der Waals surface area contributed by atoms with Crippen LogP contribution in [-0.2, 0) is 11.0 Å². The van der Waals surface area contributed by atoms with Crippen LogP contribution in [0.3, 0.4) is 0 Å². The van der Waals surface area contributed by atoms with Gasteiger partial charge in [0.1, 0.15) is 17.3 Å². The molecule has 1 atom stereocenters. The molecule has 2 aromatic carbocycles. The lowest BCUT2D eigenvalue weighted by Gasteiger charge is -2.16. The maximum Gasteiger partial charge on any atom is 0.417 e. The van der Waals surface area contributed by atoms with Crippen molar-refractivity contribution in [2.75, 3.05) is 5.32 Å². The van der Waals surface area contributed by atoms with Gasteiger partial charge in [0.25, 0.3) is 11.8 Å². The molecule has 2 aromatic heterocycles. The van der Waals surface area contributed by atoms with Gasteiger partial charge in [0, 0.05) is 46.8 Å². The van der Waals surface area contributed by atoms with Crippen molar-refractivity contribution in [2.24, 2.45) is 4.99 Å². The predicted molar refractivity (Wildman–Crippen MR) is 152 cm³/mol. The number of hydrogen-bond acceptors (Lipinski definition) is 7. The summed E-state index contributed by atoms with van der Waals surface area (Å²) in [6, 6.07) is 12.4. The van der Waals surface area contributed by atoms with Crippen LogP contribution < -0.4 is 21.5 Å². The van der Waals surface area contributed by atoms with E-state index in [4.69, 9.17) is 0 Å². The van der Waals surface area contributed by atoms with E-state index in [1.807, 2.05) is 5.43 Å². The summed E-state index contributed by atoms with van der Waals surface area (Å²) < 4.78 is 55.1. The topological polar surface area (TPSA) is 150 Å². The summed E-state index contributed by atoms with van der Waals surface area (Å²) in [6.45, 7) is 0. The Labute approximate surface area is 252 Å². The van der Waals surface area contributed by atoms with E-state index >= 15 is 0 Å². The summed E-state index contributed by atoms with van der Waals surface area (Å²) in [4.78, 5) is 55.3. The van der Waals surface area contributed by atoms with Crippen LogP contribution in [0.15, 0.2) is 78.2 Å². The highest BCUT2D eigenvalue weighted by molar-refractivity contribution is 6.20. The molecule has 6 rings (SSSR count). The molecule has 228 valence electrons. The van der Waals surface area contributed by atoms with Crippen LogP contribution in [0.1, 0.15) is 51.8 Å². The summed E-state index contributed by atoms with van der Waals surface area (Å²) in [5, 5.41) is 4.71. The molecule has 1 aliphatic heterocycles. The SMILES string of the molecule is O=C(NNC(=O)c1ncc(C(F)(F)F)cc1-c1cnc(C2CC2)nc1)N[C@H]1N=C(c2ccccc2)c2cccc(F)c2NC1=O. The number of urea groups is 1. The molecule has 1 saturated carbocycles. The van der Waals surface area contributed by atoms with E-state index in [1.54, 1.807) is 36.4 Å². The predicted octanol–water partition coefficient (Wildman–Crippen LogP) is 4.33. The van der Waals surface area contributed by atoms with Gasteiger partial charge in [0.05, 0.1) is 17.0 Å². The third kappa shape index (κ3) is 6.32. The van der Waals surface area contributed by atoms with Crippen LogP contribution in [0.25, 0.3) is 11.1 Å². The van der Waals surface area contributed by atoms with Crippen LogP contribution >= 0.6 is 0 Å². The van der Waals surface area contributed by atoms with E-state index in [2.05, 4.69) is 36.0 Å². The molecule has 1 fully saturated rings. The van der Waals surface area contributed by atoms with E-state index in [1.165, 1.54) is 18.5 Å². The minimum Gasteiger partial charge on any atom is -0.320 e. The van der Waals surface area contributed by atoms with Crippen molar-refractivity contribution < 1.29 is 31.9 Å². The zero-order valence-corrected chi connectivity index (χ0v) is 23.0. The van der Waals surface area contributed by atoms with Crippen LogP contribution in [-0.4, -0.2) is 44.7 Å². The average molecular weight is 619 g/mol. The number of nitrogens with one attached hydrogen (secondary N) is 4. The molecule has 4 N–H and O–H groups in total. The number of amides is 4. The van der Waals surface area contributed by atoms with E-state index in [9.17, 15) is 31.9 Å². The monoisotopic (exact) mass is 618 g/mol. The van der Waals surface area contributed by atoms with E-state index in [0.29, 0.717) is 17.6 Å². The number of benzodiazepines with no additional fused rings is 1. The molecule has 0 saturated heterocycles. The Morgan fingerprint density at radius 2 is 1.60 bits per heavy atom. The second-order valence-electron chi connectivity index (χ2n) is 10.2. The number of nitrogens with zero attached hydrogens (tertiary/aromatic N) is 4. The standard InChI is InChI=1S/C30H22F4N8O3/c31-21-8-4-7-19-22(15-5-2-1-3-6-15)38-26(28(44)39-23(19)21)40-29(45)42-41-27(43)24-20(11-18(14-35-24)30(32,33)34)17-12-36-25(37-13-17)16-9-10-16/h1-8,11-14,16,26H,9-10H2,(H,39,44)(H,41,43)(H2,40,42,45)/t26-/m1/s1. The van der Waals surface area contributed by atoms with Crippen LogP contribution in [0, 0.1) is 5.82 Å². The zero-order chi connectivity index (χ0) is 31.7. The summed E-state index contributed by atoms with van der Waals surface area (Å²) in [7, 11) is 0. The Balaban J connectivity index is 1.21. The van der Waals surface area contributed by atoms with Gasteiger partial charge in [-0.25, -0.2) is 34.6 Å². The van der Waals surface area contributed by atoms with Gasteiger partial charge in [-0.2, -0.15) is 13.2 Å². The van der Waals surface area contributed by atoms with Crippen LogP contribution in [0.4, 0.5) is 28.0 Å². The third-order valence-electron chi connectivity index (χ3n) is 6.98. The van der Waals surface area contributed by atoms with Crippen LogP contribution in [0.5, 0.6) is 0 Å². The van der Waals surface area contributed by atoms with E-state index in [0.717, 1.165) is 25.0 Å². The number of halogens is 4. The van der Waals surface area contributed by atoms with Gasteiger partial charge >= 0.3 is 12.2 Å². The summed E-state index contributed by atoms with van der Waals surface area (Å²) in [6.07, 6.45) is -1.38. The molecule has 1 aliphatic carbocycles. The number of anilines is 1. The molecular weight excluding hydrogens is 596 g/mol. The van der Waals surface area contributed by atoms with E-state index in [-0.39, 0.29) is 34.0 Å². The Morgan fingerprint density at radius 3 is 2.29 bits per heavy atom. The molecule has 3 heterocycles. The number of hydrogen-bond donors (Lipinski definition) is 4. The van der Waals surface area contributed by atoms with Crippen molar-refractivity contribution in [1.29, 1.82) is 0 Å². The van der Waals surface area contributed by atoms with Crippen molar-refractivity contribution in [3.05, 3.63) is 107 Å². The second-order valence-corrected chi connectivity index (χ2v) is 10.2. The van der Waals surface area contributed by atoms with Crippen molar-refractivity contribution in [3.63, 3.8) is 0 Å². The van der Waals surface area contributed by atoms with Crippen molar-refractivity contribution in [3.8, 4) is 11.1 Å². The van der Waals surface area contributed by atoms with Gasteiger partial charge in [-0.15, -0.1) is 0 Å². The minimum absolute atomic E-state index is 0.109. The summed E-state index contributed by atoms with van der Waals surface area (Å²) in [5.41, 5.74) is 3.36. The van der Waals surface area contributed by atoms with E-state index < -0.39 is 47.3 Å². The maximum atomic E-state index is 14.7. The van der Waals surface area contributed by atoms with Crippen molar-refractivity contribution in [1.82, 2.24) is 31.1 Å². The molecule has 0 radical (unpaired) electrons. The fraction of sp³-hybridized carbons (Fsp3) is 0.167. The lowest BCUT2D eigenvalue weighted by atomic mass is 10.0. The Hall–Kier alpha value is -5.73. The number of benzene rings is 2. The fourth-order valence-electron chi connectivity index (χ4n) is 4.60. The highest BCUT2D eigenvalue weighted by atomic mass is 19.4. The average Bonchev–Trinajstić information content (AvgIpc) is 3.89. The molecule has 4 amide bonds. The number of pyridine rings is 1. The Bertz CT molecular complexity index is 1830. The quantitative estimate of drug-likeness (QED) is 0.193. The van der Waals surface area contributed by atoms with Crippen molar-refractivity contribution in [2.45, 2.75) is 31.1 Å². The highest BCUT2D eigenvalue weighted by Crippen LogP contribution is 2.38. The molecular formula is C30H22F4N8O3. The number of fused-ring (bicyclic) bond motifs is 1. The fourth-order valence-corrected chi connectivity index (χ4v) is 4.60. The van der Waals surface area contributed by atoms with Gasteiger partial charge in [-0.1, -0.05) is 42.5 Å². The molecule has 15 heteroatoms. The Kier molecular flexibility index (Phi) is 7.66. The molecule has 4 aromatic rings. The molecule has 0 bridgehead atoms. The first kappa shape index (κ1) is 29.3. The van der Waals surface area contributed by atoms with Gasteiger partial charge < -0.3 is 10.6 Å². The van der Waals surface area contributed by atoms with Gasteiger partial charge in [0.2, 0.25) is 6.17 Å². The number of para-hydroxylation sites is 1. The number of carbonyl (C=O) groups is 3. The molecule has 11 nitrogen and oxygen atoms in total. The largest absolute Gasteiger partial charge is 0.417 e. The lowest BCUT2D eigenvalue weighted by Crippen LogP contribution is -2.52. The molecule has 2 aliphatic rings. The number of carbonyl (C=O) groups excluding carboxylic acids is 3. The number of rotatable bonds is 5. The lowest BCUT2D eigenvalue weighted by molar-refractivity contribution is -0.137. The smallest absolute Gasteiger partial charge is 0.320 e. The summed E-state index contributed by atoms with van der Waals surface area (Å²) in [5.74, 6) is -1.90. The number of aliphatic imine (C=N–C) groups is 1. The maximum absolute atomic E-state index is 14.7.